The molecule has 25 heavy (non-hydrogen) atoms. The zero-order valence-electron chi connectivity index (χ0n) is 14.6. The third-order valence-electron chi connectivity index (χ3n) is 4.34. The average molecular weight is 339 g/mol. The maximum Gasteiger partial charge on any atom is 0.282 e. The van der Waals surface area contributed by atoms with Crippen molar-refractivity contribution in [3.8, 4) is 0 Å². The molecule has 0 saturated carbocycles. The third kappa shape index (κ3) is 3.21. The van der Waals surface area contributed by atoms with E-state index in [9.17, 15) is 9.59 Å². The molecule has 0 spiro atoms. The van der Waals surface area contributed by atoms with Crippen LogP contribution in [0.1, 0.15) is 17.0 Å². The lowest BCUT2D eigenvalue weighted by Crippen LogP contribution is -2.35. The number of aromatic nitrogens is 1. The number of nitrogens with one attached hydrogen (secondary N) is 1. The first-order valence-corrected chi connectivity index (χ1v) is 8.10. The fraction of sp³-hybridized carbons (Fsp3) is 0.263. The number of amides is 2. The van der Waals surface area contributed by atoms with Crippen LogP contribution in [-0.4, -0.2) is 30.1 Å². The predicted molar refractivity (Wildman–Crippen MR) is 95.8 cm³/mol. The van der Waals surface area contributed by atoms with Gasteiger partial charge in [0, 0.05) is 25.0 Å². The molecule has 1 N–H and O–H groups in total. The minimum absolute atomic E-state index is 0.135. The topological polar surface area (TPSA) is 63.6 Å². The summed E-state index contributed by atoms with van der Waals surface area (Å²) < 4.78 is 7.25. The Kier molecular flexibility index (Phi) is 4.72. The quantitative estimate of drug-likeness (QED) is 0.671. The van der Waals surface area contributed by atoms with Crippen LogP contribution in [0, 0.1) is 13.8 Å². The van der Waals surface area contributed by atoms with E-state index in [-0.39, 0.29) is 11.5 Å². The van der Waals surface area contributed by atoms with Gasteiger partial charge < -0.3 is 9.30 Å². The third-order valence-corrected chi connectivity index (χ3v) is 4.34. The zero-order valence-corrected chi connectivity index (χ0v) is 14.6. The molecule has 1 aromatic carbocycles. The molecule has 2 aromatic rings. The van der Waals surface area contributed by atoms with Gasteiger partial charge >= 0.3 is 0 Å². The normalized spacial score (nSPS) is 16.0. The minimum Gasteiger partial charge on any atom is -0.383 e. The second kappa shape index (κ2) is 6.94. The van der Waals surface area contributed by atoms with E-state index in [1.165, 1.54) is 5.01 Å². The second-order valence-electron chi connectivity index (χ2n) is 5.95. The van der Waals surface area contributed by atoms with E-state index in [1.807, 2.05) is 38.1 Å². The molecule has 1 saturated heterocycles. The first kappa shape index (κ1) is 17.0. The van der Waals surface area contributed by atoms with E-state index >= 15 is 0 Å². The van der Waals surface area contributed by atoms with Crippen molar-refractivity contribution in [3.63, 3.8) is 0 Å². The summed E-state index contributed by atoms with van der Waals surface area (Å²) in [4.78, 5) is 24.9. The van der Waals surface area contributed by atoms with Crippen molar-refractivity contribution in [1.82, 2.24) is 9.99 Å². The van der Waals surface area contributed by atoms with Crippen LogP contribution in [0.25, 0.3) is 6.08 Å². The first-order valence-electron chi connectivity index (χ1n) is 8.10. The van der Waals surface area contributed by atoms with Crippen molar-refractivity contribution in [1.29, 1.82) is 0 Å². The lowest BCUT2D eigenvalue weighted by atomic mass is 10.1. The number of hydrogen-bond donors (Lipinski definition) is 1. The summed E-state index contributed by atoms with van der Waals surface area (Å²) in [6.07, 6.45) is 1.66. The van der Waals surface area contributed by atoms with Gasteiger partial charge in [0.25, 0.3) is 11.8 Å². The number of hydrazine groups is 1. The van der Waals surface area contributed by atoms with Crippen molar-refractivity contribution >= 4 is 23.6 Å². The van der Waals surface area contributed by atoms with Crippen molar-refractivity contribution in [3.05, 3.63) is 58.9 Å². The fourth-order valence-corrected chi connectivity index (χ4v) is 2.97. The summed E-state index contributed by atoms with van der Waals surface area (Å²) in [5, 5.41) is 1.28. The van der Waals surface area contributed by atoms with Crippen LogP contribution in [0.5, 0.6) is 0 Å². The summed E-state index contributed by atoms with van der Waals surface area (Å²) in [6, 6.07) is 11.0. The Morgan fingerprint density at radius 1 is 1.16 bits per heavy atom. The summed E-state index contributed by atoms with van der Waals surface area (Å²) >= 11 is 0. The molecule has 1 fully saturated rings. The first-order chi connectivity index (χ1) is 12.0. The monoisotopic (exact) mass is 339 g/mol. The maximum absolute atomic E-state index is 12.6. The summed E-state index contributed by atoms with van der Waals surface area (Å²) in [7, 11) is 1.66. The van der Waals surface area contributed by atoms with Crippen LogP contribution >= 0.6 is 0 Å². The van der Waals surface area contributed by atoms with Crippen LogP contribution in [0.15, 0.2) is 42.0 Å². The zero-order chi connectivity index (χ0) is 18.0. The standard InChI is InChI=1S/C19H21N3O3/c1-13-11-15(14(2)21(13)9-10-25-3)12-17-18(23)20-22(19(17)24)16-7-5-4-6-8-16/h4-8,11-12H,9-10H2,1-3H3,(H,20,23). The van der Waals surface area contributed by atoms with Crippen LogP contribution < -0.4 is 10.4 Å². The minimum atomic E-state index is -0.393. The lowest BCUT2D eigenvalue weighted by molar-refractivity contribution is -0.117. The Balaban J connectivity index is 1.91. The van der Waals surface area contributed by atoms with Gasteiger partial charge in [-0.1, -0.05) is 18.2 Å². The molecule has 2 amide bonds. The number of methoxy groups -OCH3 is 1. The highest BCUT2D eigenvalue weighted by molar-refractivity contribution is 6.31. The SMILES string of the molecule is COCCn1c(C)cc(C=C2C(=O)NN(c3ccccc3)C2=O)c1C. The number of aryl methyl sites for hydroxylation is 1. The lowest BCUT2D eigenvalue weighted by Gasteiger charge is -2.13. The molecule has 1 aromatic heterocycles. The smallest absolute Gasteiger partial charge is 0.282 e. The number of rotatable bonds is 5. The van der Waals surface area contributed by atoms with E-state index in [0.717, 1.165) is 23.5 Å². The Morgan fingerprint density at radius 2 is 1.88 bits per heavy atom. The number of para-hydroxylation sites is 1. The molecule has 6 heteroatoms. The average Bonchev–Trinajstić information content (AvgIpc) is 3.04. The molecule has 0 unspecified atom stereocenters. The summed E-state index contributed by atoms with van der Waals surface area (Å²) in [5.74, 6) is -0.742. The maximum atomic E-state index is 12.6. The number of ether oxygens (including phenoxy) is 1. The number of carbonyl (C=O) groups is 2. The van der Waals surface area contributed by atoms with Gasteiger partial charge in [-0.05, 0) is 43.7 Å². The van der Waals surface area contributed by atoms with Gasteiger partial charge in [-0.3, -0.25) is 15.0 Å². The summed E-state index contributed by atoms with van der Waals surface area (Å²) in [6.45, 7) is 5.31. The highest BCUT2D eigenvalue weighted by Crippen LogP contribution is 2.23. The number of benzene rings is 1. The highest BCUT2D eigenvalue weighted by Gasteiger charge is 2.34. The van der Waals surface area contributed by atoms with Crippen LogP contribution in [-0.2, 0) is 20.9 Å². The van der Waals surface area contributed by atoms with Gasteiger partial charge in [0.2, 0.25) is 0 Å². The molecule has 0 aliphatic carbocycles. The van der Waals surface area contributed by atoms with Crippen molar-refractivity contribution in [2.75, 3.05) is 18.7 Å². The molecule has 0 atom stereocenters. The molecular weight excluding hydrogens is 318 g/mol. The molecule has 1 aliphatic rings. The highest BCUT2D eigenvalue weighted by atomic mass is 16.5. The molecule has 1 aliphatic heterocycles. The Labute approximate surface area is 146 Å². The van der Waals surface area contributed by atoms with Gasteiger partial charge in [0.05, 0.1) is 12.3 Å². The van der Waals surface area contributed by atoms with E-state index < -0.39 is 5.91 Å². The van der Waals surface area contributed by atoms with Crippen LogP contribution in [0.4, 0.5) is 5.69 Å². The van der Waals surface area contributed by atoms with Gasteiger partial charge in [-0.2, -0.15) is 0 Å². The Morgan fingerprint density at radius 3 is 2.56 bits per heavy atom. The van der Waals surface area contributed by atoms with Crippen molar-refractivity contribution < 1.29 is 14.3 Å². The number of nitrogens with zero attached hydrogens (tertiary/aromatic N) is 2. The van der Waals surface area contributed by atoms with Gasteiger partial charge in [0.15, 0.2) is 0 Å². The van der Waals surface area contributed by atoms with E-state index in [4.69, 9.17) is 4.74 Å². The molecule has 6 nitrogen and oxygen atoms in total. The molecule has 0 bridgehead atoms. The van der Waals surface area contributed by atoms with Gasteiger partial charge in [-0.25, -0.2) is 5.01 Å². The van der Waals surface area contributed by atoms with Crippen molar-refractivity contribution in [2.24, 2.45) is 0 Å². The van der Waals surface area contributed by atoms with Gasteiger partial charge in [-0.15, -0.1) is 0 Å². The Bertz CT molecular complexity index is 837. The van der Waals surface area contributed by atoms with Crippen LogP contribution in [0.3, 0.4) is 0 Å². The Hall–Kier alpha value is -2.86. The van der Waals surface area contributed by atoms with E-state index in [2.05, 4.69) is 9.99 Å². The molecule has 0 radical (unpaired) electrons. The number of anilines is 1. The van der Waals surface area contributed by atoms with Crippen molar-refractivity contribution in [2.45, 2.75) is 20.4 Å². The number of hydrogen-bond acceptors (Lipinski definition) is 3. The fourth-order valence-electron chi connectivity index (χ4n) is 2.97. The summed E-state index contributed by atoms with van der Waals surface area (Å²) in [5.41, 5.74) is 6.31. The predicted octanol–water partition coefficient (Wildman–Crippen LogP) is 2.21. The number of carbonyl (C=O) groups excluding carboxylic acids is 2. The molecule has 3 rings (SSSR count). The van der Waals surface area contributed by atoms with Crippen LogP contribution in [0.2, 0.25) is 0 Å². The largest absolute Gasteiger partial charge is 0.383 e. The van der Waals surface area contributed by atoms with E-state index in [1.54, 1.807) is 25.3 Å². The second-order valence-corrected chi connectivity index (χ2v) is 5.95. The molecule has 2 heterocycles. The van der Waals surface area contributed by atoms with Gasteiger partial charge in [0.1, 0.15) is 5.57 Å². The molecule has 130 valence electrons. The molecular formula is C19H21N3O3. The van der Waals surface area contributed by atoms with E-state index in [0.29, 0.717) is 12.3 Å².